The van der Waals surface area contributed by atoms with E-state index in [0.717, 1.165) is 11.1 Å². The molecular formula is C23H20N4O4S. The zero-order chi connectivity index (χ0) is 22.6. The summed E-state index contributed by atoms with van der Waals surface area (Å²) < 4.78 is 32.5. The molecule has 0 aliphatic rings. The Hall–Kier alpha value is -3.98. The predicted molar refractivity (Wildman–Crippen MR) is 119 cm³/mol. The second-order valence-corrected chi connectivity index (χ2v) is 8.74. The highest BCUT2D eigenvalue weighted by molar-refractivity contribution is 7.92. The lowest BCUT2D eigenvalue weighted by atomic mass is 10.1. The molecule has 1 heterocycles. The minimum Gasteiger partial charge on any atom is -0.343 e. The first-order valence-corrected chi connectivity index (χ1v) is 11.2. The Morgan fingerprint density at radius 3 is 2.44 bits per heavy atom. The van der Waals surface area contributed by atoms with Crippen molar-refractivity contribution in [2.45, 2.75) is 18.4 Å². The molecule has 0 aliphatic heterocycles. The standard InChI is InChI=1S/C23H20N4O4S/c1-16-6-5-7-18(14-16)22-25-21(31-26-22)15-24-23(28)17-10-12-19(13-11-17)27-32(29,30)20-8-3-2-4-9-20/h2-14,27H,15H2,1H3,(H,24,28). The minimum atomic E-state index is -3.69. The van der Waals surface area contributed by atoms with E-state index in [0.29, 0.717) is 17.1 Å². The molecule has 0 radical (unpaired) electrons. The quantitative estimate of drug-likeness (QED) is 0.445. The summed E-state index contributed by atoms with van der Waals surface area (Å²) in [5, 5.41) is 6.66. The summed E-state index contributed by atoms with van der Waals surface area (Å²) in [6, 6.07) is 21.9. The van der Waals surface area contributed by atoms with Crippen molar-refractivity contribution in [2.75, 3.05) is 4.72 Å². The number of nitrogens with one attached hydrogen (secondary N) is 2. The lowest BCUT2D eigenvalue weighted by Gasteiger charge is -2.09. The molecule has 1 amide bonds. The van der Waals surface area contributed by atoms with E-state index in [1.54, 1.807) is 18.2 Å². The number of sulfonamides is 1. The number of hydrogen-bond donors (Lipinski definition) is 2. The van der Waals surface area contributed by atoms with E-state index in [4.69, 9.17) is 4.52 Å². The molecular weight excluding hydrogens is 428 g/mol. The predicted octanol–water partition coefficient (Wildman–Crippen LogP) is 3.78. The van der Waals surface area contributed by atoms with E-state index < -0.39 is 10.0 Å². The van der Waals surface area contributed by atoms with Crippen LogP contribution in [0.15, 0.2) is 88.3 Å². The van der Waals surface area contributed by atoms with Crippen LogP contribution in [-0.4, -0.2) is 24.5 Å². The Morgan fingerprint density at radius 2 is 1.72 bits per heavy atom. The summed E-state index contributed by atoms with van der Waals surface area (Å²) in [5.41, 5.74) is 2.63. The summed E-state index contributed by atoms with van der Waals surface area (Å²) >= 11 is 0. The molecule has 4 rings (SSSR count). The van der Waals surface area contributed by atoms with E-state index in [9.17, 15) is 13.2 Å². The molecule has 0 aliphatic carbocycles. The molecule has 0 atom stereocenters. The second-order valence-electron chi connectivity index (χ2n) is 7.06. The van der Waals surface area contributed by atoms with Crippen molar-refractivity contribution in [1.82, 2.24) is 15.5 Å². The minimum absolute atomic E-state index is 0.0695. The third-order valence-corrected chi connectivity index (χ3v) is 5.99. The van der Waals surface area contributed by atoms with Crippen LogP contribution >= 0.6 is 0 Å². The maximum Gasteiger partial charge on any atom is 0.261 e. The second kappa shape index (κ2) is 9.03. The lowest BCUT2D eigenvalue weighted by Crippen LogP contribution is -2.23. The molecule has 0 fully saturated rings. The van der Waals surface area contributed by atoms with Gasteiger partial charge in [0, 0.05) is 16.8 Å². The molecule has 4 aromatic rings. The van der Waals surface area contributed by atoms with Gasteiger partial charge in [-0.15, -0.1) is 0 Å². The van der Waals surface area contributed by atoms with Crippen molar-refractivity contribution in [3.63, 3.8) is 0 Å². The Morgan fingerprint density at radius 1 is 0.969 bits per heavy atom. The number of hydrogen-bond acceptors (Lipinski definition) is 6. The number of carbonyl (C=O) groups is 1. The SMILES string of the molecule is Cc1cccc(-c2noc(CNC(=O)c3ccc(NS(=O)(=O)c4ccccc4)cc3)n2)c1. The zero-order valence-electron chi connectivity index (χ0n) is 17.1. The van der Waals surface area contributed by atoms with Gasteiger partial charge in [0.2, 0.25) is 11.7 Å². The van der Waals surface area contributed by atoms with E-state index in [-0.39, 0.29) is 23.2 Å². The summed E-state index contributed by atoms with van der Waals surface area (Å²) in [6.45, 7) is 2.04. The van der Waals surface area contributed by atoms with Gasteiger partial charge in [-0.2, -0.15) is 4.98 Å². The van der Waals surface area contributed by atoms with Crippen LogP contribution in [0.4, 0.5) is 5.69 Å². The summed E-state index contributed by atoms with van der Waals surface area (Å²) in [6.07, 6.45) is 0. The number of carbonyl (C=O) groups excluding carboxylic acids is 1. The molecule has 0 spiro atoms. The first-order chi connectivity index (χ1) is 15.4. The van der Waals surface area contributed by atoms with Crippen LogP contribution in [0.2, 0.25) is 0 Å². The molecule has 0 unspecified atom stereocenters. The molecule has 32 heavy (non-hydrogen) atoms. The van der Waals surface area contributed by atoms with Gasteiger partial charge in [-0.1, -0.05) is 47.1 Å². The number of rotatable bonds is 7. The van der Waals surface area contributed by atoms with E-state index >= 15 is 0 Å². The van der Waals surface area contributed by atoms with Gasteiger partial charge in [0.05, 0.1) is 11.4 Å². The fourth-order valence-electron chi connectivity index (χ4n) is 2.99. The topological polar surface area (TPSA) is 114 Å². The van der Waals surface area contributed by atoms with Gasteiger partial charge >= 0.3 is 0 Å². The van der Waals surface area contributed by atoms with Crippen molar-refractivity contribution >= 4 is 21.6 Å². The van der Waals surface area contributed by atoms with Crippen LogP contribution in [0.5, 0.6) is 0 Å². The van der Waals surface area contributed by atoms with Gasteiger partial charge in [0.15, 0.2) is 0 Å². The number of benzene rings is 3. The average molecular weight is 449 g/mol. The summed E-state index contributed by atoms with van der Waals surface area (Å²) in [7, 11) is -3.69. The number of aryl methyl sites for hydroxylation is 1. The Kier molecular flexibility index (Phi) is 6.00. The number of aromatic nitrogens is 2. The van der Waals surface area contributed by atoms with Gasteiger partial charge in [-0.25, -0.2) is 8.42 Å². The molecule has 9 heteroatoms. The van der Waals surface area contributed by atoms with Crippen molar-refractivity contribution in [2.24, 2.45) is 0 Å². The van der Waals surface area contributed by atoms with Gasteiger partial charge < -0.3 is 9.84 Å². The van der Waals surface area contributed by atoms with Crippen molar-refractivity contribution in [1.29, 1.82) is 0 Å². The van der Waals surface area contributed by atoms with Crippen LogP contribution in [-0.2, 0) is 16.6 Å². The van der Waals surface area contributed by atoms with Crippen LogP contribution in [0, 0.1) is 6.92 Å². The average Bonchev–Trinajstić information content (AvgIpc) is 3.27. The first-order valence-electron chi connectivity index (χ1n) is 9.76. The number of amides is 1. The Balaban J connectivity index is 1.36. The largest absolute Gasteiger partial charge is 0.343 e. The first kappa shape index (κ1) is 21.3. The highest BCUT2D eigenvalue weighted by Crippen LogP contribution is 2.18. The highest BCUT2D eigenvalue weighted by atomic mass is 32.2. The third kappa shape index (κ3) is 5.01. The zero-order valence-corrected chi connectivity index (χ0v) is 18.0. The highest BCUT2D eigenvalue weighted by Gasteiger charge is 2.14. The van der Waals surface area contributed by atoms with E-state index in [1.165, 1.54) is 36.4 Å². The van der Waals surface area contributed by atoms with Crippen molar-refractivity contribution < 1.29 is 17.7 Å². The number of anilines is 1. The maximum absolute atomic E-state index is 12.4. The van der Waals surface area contributed by atoms with Crippen molar-refractivity contribution in [3.8, 4) is 11.4 Å². The molecule has 0 bridgehead atoms. The van der Waals surface area contributed by atoms with Gasteiger partial charge in [-0.05, 0) is 49.4 Å². The summed E-state index contributed by atoms with van der Waals surface area (Å²) in [4.78, 5) is 16.9. The lowest BCUT2D eigenvalue weighted by molar-refractivity contribution is 0.0946. The van der Waals surface area contributed by atoms with E-state index in [2.05, 4.69) is 20.2 Å². The monoisotopic (exact) mass is 448 g/mol. The molecule has 2 N–H and O–H groups in total. The van der Waals surface area contributed by atoms with Crippen molar-refractivity contribution in [3.05, 3.63) is 95.9 Å². The molecule has 8 nitrogen and oxygen atoms in total. The number of nitrogens with zero attached hydrogens (tertiary/aromatic N) is 2. The van der Waals surface area contributed by atoms with Gasteiger partial charge in [-0.3, -0.25) is 9.52 Å². The molecule has 1 aromatic heterocycles. The molecule has 0 saturated carbocycles. The van der Waals surface area contributed by atoms with Gasteiger partial charge in [0.25, 0.3) is 15.9 Å². The smallest absolute Gasteiger partial charge is 0.261 e. The van der Waals surface area contributed by atoms with Crippen LogP contribution in [0.25, 0.3) is 11.4 Å². The van der Waals surface area contributed by atoms with E-state index in [1.807, 2.05) is 31.2 Å². The normalized spacial score (nSPS) is 11.2. The van der Waals surface area contributed by atoms with Crippen LogP contribution < -0.4 is 10.0 Å². The van der Waals surface area contributed by atoms with Gasteiger partial charge in [0.1, 0.15) is 0 Å². The Labute approximate surface area is 185 Å². The van der Waals surface area contributed by atoms with Crippen LogP contribution in [0.1, 0.15) is 21.8 Å². The molecule has 162 valence electrons. The molecule has 3 aromatic carbocycles. The maximum atomic E-state index is 12.4. The fraction of sp³-hybridized carbons (Fsp3) is 0.0870. The van der Waals surface area contributed by atoms with Crippen LogP contribution in [0.3, 0.4) is 0 Å². The fourth-order valence-corrected chi connectivity index (χ4v) is 4.07. The third-order valence-electron chi connectivity index (χ3n) is 4.60. The Bertz CT molecular complexity index is 1330. The molecule has 0 saturated heterocycles. The summed E-state index contributed by atoms with van der Waals surface area (Å²) in [5.74, 6) is 0.382.